The molecule has 2 atom stereocenters. The molecule has 1 amide bonds. The zero-order valence-corrected chi connectivity index (χ0v) is 20.1. The lowest BCUT2D eigenvalue weighted by atomic mass is 9.97. The largest absolute Gasteiger partial charge is 0.470 e. The summed E-state index contributed by atoms with van der Waals surface area (Å²) in [7, 11) is -4.36. The molecular formula is C22H28FN5O5S. The van der Waals surface area contributed by atoms with Crippen LogP contribution in [0.2, 0.25) is 0 Å². The Morgan fingerprint density at radius 2 is 2.12 bits per heavy atom. The Kier molecular flexibility index (Phi) is 6.38. The highest BCUT2D eigenvalue weighted by molar-refractivity contribution is 7.90. The first-order valence-electron chi connectivity index (χ1n) is 11.0. The molecule has 3 N–H and O–H groups in total. The number of carbonyl (C=O) groups is 1. The van der Waals surface area contributed by atoms with Gasteiger partial charge in [-0.05, 0) is 44.4 Å². The number of nitrogens with one attached hydrogen (secondary N) is 1. The van der Waals surface area contributed by atoms with Gasteiger partial charge >= 0.3 is 0 Å². The summed E-state index contributed by atoms with van der Waals surface area (Å²) >= 11 is 0. The van der Waals surface area contributed by atoms with Crippen LogP contribution >= 0.6 is 0 Å². The molecule has 0 spiro atoms. The second kappa shape index (κ2) is 8.99. The van der Waals surface area contributed by atoms with E-state index in [0.717, 1.165) is 12.5 Å². The van der Waals surface area contributed by atoms with Gasteiger partial charge in [-0.15, -0.1) is 0 Å². The van der Waals surface area contributed by atoms with E-state index in [0.29, 0.717) is 26.2 Å². The third-order valence-electron chi connectivity index (χ3n) is 5.91. The van der Waals surface area contributed by atoms with Gasteiger partial charge in [-0.2, -0.15) is 13.4 Å². The normalized spacial score (nSPS) is 22.1. The number of nitrogens with zero attached hydrogens (tertiary/aromatic N) is 3. The second-order valence-electron chi connectivity index (χ2n) is 9.32. The zero-order chi connectivity index (χ0) is 24.7. The van der Waals surface area contributed by atoms with E-state index < -0.39 is 32.3 Å². The van der Waals surface area contributed by atoms with E-state index in [9.17, 15) is 13.2 Å². The molecule has 0 bridgehead atoms. The van der Waals surface area contributed by atoms with E-state index in [1.165, 1.54) is 18.2 Å². The van der Waals surface area contributed by atoms with Crippen LogP contribution in [-0.4, -0.2) is 55.7 Å². The monoisotopic (exact) mass is 493 g/mol. The van der Waals surface area contributed by atoms with E-state index in [2.05, 4.69) is 16.9 Å². The molecule has 2 aromatic rings. The number of carbonyl (C=O) groups excluding carboxylic acids is 1. The van der Waals surface area contributed by atoms with Crippen molar-refractivity contribution in [1.29, 1.82) is 0 Å². The number of amides is 1. The minimum atomic E-state index is -4.36. The number of hydrogen-bond acceptors (Lipinski definition) is 9. The van der Waals surface area contributed by atoms with Crippen LogP contribution in [0.15, 0.2) is 29.3 Å². The highest BCUT2D eigenvalue weighted by Crippen LogP contribution is 2.39. The molecule has 2 aliphatic heterocycles. The van der Waals surface area contributed by atoms with Gasteiger partial charge in [0.1, 0.15) is 17.7 Å². The molecule has 4 heterocycles. The highest BCUT2D eigenvalue weighted by atomic mass is 32.2. The summed E-state index contributed by atoms with van der Waals surface area (Å²) in [5, 5.41) is -0.424. The van der Waals surface area contributed by atoms with Crippen LogP contribution in [0.4, 0.5) is 16.0 Å². The van der Waals surface area contributed by atoms with Crippen molar-refractivity contribution in [2.24, 2.45) is 5.92 Å². The Morgan fingerprint density at radius 3 is 2.74 bits per heavy atom. The number of nitrogen functional groups attached to an aromatic ring is 1. The molecule has 0 aromatic carbocycles. The predicted molar refractivity (Wildman–Crippen MR) is 123 cm³/mol. The number of halogens is 1. The fourth-order valence-electron chi connectivity index (χ4n) is 4.45. The average molecular weight is 494 g/mol. The van der Waals surface area contributed by atoms with Crippen LogP contribution in [0, 0.1) is 11.7 Å². The second-order valence-corrected chi connectivity index (χ2v) is 10.9. The van der Waals surface area contributed by atoms with Gasteiger partial charge in [0.2, 0.25) is 0 Å². The van der Waals surface area contributed by atoms with Gasteiger partial charge in [-0.25, -0.2) is 14.1 Å². The molecule has 0 radical (unpaired) electrons. The van der Waals surface area contributed by atoms with Crippen LogP contribution in [0.1, 0.15) is 44.0 Å². The zero-order valence-electron chi connectivity index (χ0n) is 19.2. The van der Waals surface area contributed by atoms with Crippen LogP contribution in [0.25, 0.3) is 0 Å². The Bertz CT molecular complexity index is 1200. The van der Waals surface area contributed by atoms with Crippen molar-refractivity contribution in [2.75, 3.05) is 30.4 Å². The fraction of sp³-hybridized carbons (Fsp3) is 0.500. The average Bonchev–Trinajstić information content (AvgIpc) is 3.35. The van der Waals surface area contributed by atoms with Crippen LogP contribution in [0.5, 0.6) is 5.88 Å². The van der Waals surface area contributed by atoms with Crippen molar-refractivity contribution in [3.8, 4) is 5.88 Å². The molecule has 10 nitrogen and oxygen atoms in total. The number of rotatable bonds is 6. The number of sulfonamides is 1. The molecule has 2 saturated heterocycles. The van der Waals surface area contributed by atoms with E-state index in [1.807, 2.05) is 23.5 Å². The summed E-state index contributed by atoms with van der Waals surface area (Å²) in [6.45, 7) is 7.42. The highest BCUT2D eigenvalue weighted by Gasteiger charge is 2.40. The molecule has 2 aliphatic rings. The van der Waals surface area contributed by atoms with Crippen LogP contribution in [0.3, 0.4) is 0 Å². The summed E-state index contributed by atoms with van der Waals surface area (Å²) in [4.78, 5) is 23.2. The minimum absolute atomic E-state index is 0.0195. The number of anilines is 2. The summed E-state index contributed by atoms with van der Waals surface area (Å²) in [6, 6.07) is 4.99. The van der Waals surface area contributed by atoms with Crippen LogP contribution < -0.4 is 20.1 Å². The molecule has 0 unspecified atom stereocenters. The standard InChI is InChI=1S/C22H28FN5O5S/c1-13-10-22(2,3)28(11-13)19-15(9-16(23)21(26-19)33-14-7-8-32-12-14)20(29)27-34(30,31)18-6-4-5-17(24)25-18/h4-6,9,13-14H,7-8,10-12H2,1-3H3,(H2,24,25)(H,27,29)/t13-,14+/m0/s1. The molecule has 4 rings (SSSR count). The maximum absolute atomic E-state index is 15.0. The third-order valence-corrected chi connectivity index (χ3v) is 7.14. The van der Waals surface area contributed by atoms with E-state index >= 15 is 4.39 Å². The van der Waals surface area contributed by atoms with Crippen LogP contribution in [-0.2, 0) is 14.8 Å². The van der Waals surface area contributed by atoms with Gasteiger partial charge in [-0.1, -0.05) is 13.0 Å². The fourth-order valence-corrected chi connectivity index (χ4v) is 5.39. The Balaban J connectivity index is 1.73. The van der Waals surface area contributed by atoms with Gasteiger partial charge in [0, 0.05) is 18.5 Å². The summed E-state index contributed by atoms with van der Waals surface area (Å²) in [5.74, 6) is -1.74. The Morgan fingerprint density at radius 1 is 1.35 bits per heavy atom. The SMILES string of the molecule is C[C@@H]1CN(c2nc(O[C@@H]3CCOC3)c(F)cc2C(=O)NS(=O)(=O)c2cccc(N)n2)C(C)(C)C1. The van der Waals surface area contributed by atoms with Gasteiger partial charge in [0.15, 0.2) is 10.8 Å². The quantitative estimate of drug-likeness (QED) is 0.620. The van der Waals surface area contributed by atoms with Gasteiger partial charge in [0.25, 0.3) is 21.8 Å². The molecule has 0 aliphatic carbocycles. The molecule has 2 aromatic heterocycles. The summed E-state index contributed by atoms with van der Waals surface area (Å²) in [5.41, 5.74) is 4.95. The molecule has 34 heavy (non-hydrogen) atoms. The predicted octanol–water partition coefficient (Wildman–Crippen LogP) is 2.11. The molecule has 2 fully saturated rings. The van der Waals surface area contributed by atoms with Crippen molar-refractivity contribution >= 4 is 27.6 Å². The number of ether oxygens (including phenoxy) is 2. The maximum atomic E-state index is 15.0. The van der Waals surface area contributed by atoms with Crippen molar-refractivity contribution in [3.63, 3.8) is 0 Å². The molecule has 184 valence electrons. The number of aromatic nitrogens is 2. The number of pyridine rings is 2. The Labute approximate surface area is 197 Å². The first-order valence-corrected chi connectivity index (χ1v) is 12.5. The van der Waals surface area contributed by atoms with Crippen molar-refractivity contribution in [2.45, 2.75) is 50.3 Å². The molecule has 12 heteroatoms. The smallest absolute Gasteiger partial charge is 0.281 e. The lowest BCUT2D eigenvalue weighted by Gasteiger charge is -2.34. The van der Waals surface area contributed by atoms with Gasteiger partial charge < -0.3 is 20.1 Å². The van der Waals surface area contributed by atoms with Crippen molar-refractivity contribution in [3.05, 3.63) is 35.6 Å². The number of hydrogen-bond donors (Lipinski definition) is 2. The number of nitrogens with two attached hydrogens (primary N) is 1. The van der Waals surface area contributed by atoms with E-state index in [1.54, 1.807) is 0 Å². The molecule has 0 saturated carbocycles. The topological polar surface area (TPSA) is 137 Å². The minimum Gasteiger partial charge on any atom is -0.470 e. The van der Waals surface area contributed by atoms with Gasteiger partial charge in [-0.3, -0.25) is 4.79 Å². The van der Waals surface area contributed by atoms with E-state index in [4.69, 9.17) is 15.2 Å². The third kappa shape index (κ3) is 4.92. The lowest BCUT2D eigenvalue weighted by Crippen LogP contribution is -2.41. The maximum Gasteiger partial charge on any atom is 0.281 e. The first kappa shape index (κ1) is 24.1. The Hall–Kier alpha value is -2.99. The van der Waals surface area contributed by atoms with Gasteiger partial charge in [0.05, 0.1) is 18.8 Å². The molecular weight excluding hydrogens is 465 g/mol. The lowest BCUT2D eigenvalue weighted by molar-refractivity contribution is 0.0980. The summed E-state index contributed by atoms with van der Waals surface area (Å²) < 4.78 is 53.4. The van der Waals surface area contributed by atoms with Crippen molar-refractivity contribution < 1.29 is 27.1 Å². The first-order chi connectivity index (χ1) is 16.0. The van der Waals surface area contributed by atoms with E-state index in [-0.39, 0.29) is 35.1 Å². The summed E-state index contributed by atoms with van der Waals surface area (Å²) in [6.07, 6.45) is 1.05. The van der Waals surface area contributed by atoms with Crippen molar-refractivity contribution in [1.82, 2.24) is 14.7 Å².